The maximum absolute atomic E-state index is 11.2. The smallest absolute Gasteiger partial charge is 0.259 e. The van der Waals surface area contributed by atoms with Crippen LogP contribution in [-0.2, 0) is 4.79 Å². The lowest BCUT2D eigenvalue weighted by Gasteiger charge is -2.05. The molecule has 23 heavy (non-hydrogen) atoms. The Hall–Kier alpha value is -3.59. The Kier molecular flexibility index (Phi) is 3.53. The van der Waals surface area contributed by atoms with E-state index in [1.165, 1.54) is 6.08 Å². The number of nitrogens with one attached hydrogen (secondary N) is 1. The molecule has 0 spiro atoms. The van der Waals surface area contributed by atoms with Gasteiger partial charge in [-0.3, -0.25) is 9.89 Å². The number of H-pyrrole nitrogens is 1. The normalized spacial score (nSPS) is 11.3. The fourth-order valence-corrected chi connectivity index (χ4v) is 2.46. The molecule has 0 fully saturated rings. The largest absolute Gasteiger partial charge is 0.382 e. The van der Waals surface area contributed by atoms with Crippen LogP contribution < -0.4 is 11.5 Å². The van der Waals surface area contributed by atoms with Crippen LogP contribution in [0.5, 0.6) is 0 Å². The Bertz CT molecular complexity index is 978. The summed E-state index contributed by atoms with van der Waals surface area (Å²) < 4.78 is 0. The van der Waals surface area contributed by atoms with Crippen LogP contribution in [0.25, 0.3) is 28.1 Å². The topological polar surface area (TPSA) is 122 Å². The number of benzene rings is 2. The molecule has 0 unspecified atom stereocenters. The van der Waals surface area contributed by atoms with Gasteiger partial charge in [-0.05, 0) is 34.9 Å². The maximum Gasteiger partial charge on any atom is 0.259 e. The monoisotopic (exact) mass is 303 g/mol. The molecule has 6 heteroatoms. The van der Waals surface area contributed by atoms with Crippen LogP contribution in [-0.4, -0.2) is 16.1 Å². The van der Waals surface area contributed by atoms with E-state index in [1.807, 2.05) is 36.4 Å². The minimum Gasteiger partial charge on any atom is -0.382 e. The molecular weight excluding hydrogens is 290 g/mol. The number of nitrogen functional groups attached to an aromatic ring is 1. The molecule has 5 N–H and O–H groups in total. The molecule has 0 aliphatic carbocycles. The van der Waals surface area contributed by atoms with E-state index in [0.29, 0.717) is 11.4 Å². The lowest BCUT2D eigenvalue weighted by molar-refractivity contribution is -0.114. The summed E-state index contributed by atoms with van der Waals surface area (Å²) in [7, 11) is 0. The quantitative estimate of drug-likeness (QED) is 0.507. The number of hydrogen-bond donors (Lipinski definition) is 3. The van der Waals surface area contributed by atoms with E-state index >= 15 is 0 Å². The first-order valence-electron chi connectivity index (χ1n) is 6.85. The summed E-state index contributed by atoms with van der Waals surface area (Å²) in [5, 5.41) is 16.7. The minimum absolute atomic E-state index is 0.0943. The van der Waals surface area contributed by atoms with Gasteiger partial charge >= 0.3 is 0 Å². The molecular formula is C17H13N5O. The number of nitrogens with zero attached hydrogens (tertiary/aromatic N) is 2. The molecule has 0 bridgehead atoms. The Morgan fingerprint density at radius 2 is 2.04 bits per heavy atom. The molecule has 3 rings (SSSR count). The van der Waals surface area contributed by atoms with Crippen LogP contribution in [0.3, 0.4) is 0 Å². The van der Waals surface area contributed by atoms with Crippen molar-refractivity contribution in [3.05, 3.63) is 53.6 Å². The van der Waals surface area contributed by atoms with Crippen LogP contribution in [0.2, 0.25) is 0 Å². The zero-order valence-electron chi connectivity index (χ0n) is 12.1. The van der Waals surface area contributed by atoms with Gasteiger partial charge in [0.05, 0.1) is 10.9 Å². The van der Waals surface area contributed by atoms with Gasteiger partial charge in [0.1, 0.15) is 11.6 Å². The highest BCUT2D eigenvalue weighted by Crippen LogP contribution is 2.31. The Labute approximate surface area is 132 Å². The second-order valence-corrected chi connectivity index (χ2v) is 5.00. The average Bonchev–Trinajstić information content (AvgIpc) is 2.94. The highest BCUT2D eigenvalue weighted by Gasteiger charge is 2.10. The number of aromatic nitrogens is 2. The SMILES string of the molecule is N#C/C(=C\c1cccc(-c2cccc3[nH]nc(N)c23)c1)C(N)=O. The Morgan fingerprint density at radius 1 is 1.26 bits per heavy atom. The van der Waals surface area contributed by atoms with E-state index in [4.69, 9.17) is 16.7 Å². The minimum atomic E-state index is -0.751. The fourth-order valence-electron chi connectivity index (χ4n) is 2.46. The Morgan fingerprint density at radius 3 is 2.78 bits per heavy atom. The molecule has 0 atom stereocenters. The van der Waals surface area contributed by atoms with E-state index in [9.17, 15) is 4.79 Å². The van der Waals surface area contributed by atoms with Gasteiger partial charge in [-0.25, -0.2) is 0 Å². The molecule has 3 aromatic rings. The van der Waals surface area contributed by atoms with Crippen molar-refractivity contribution in [3.8, 4) is 17.2 Å². The van der Waals surface area contributed by atoms with Crippen molar-refractivity contribution >= 4 is 28.7 Å². The molecule has 0 saturated heterocycles. The second kappa shape index (κ2) is 5.66. The molecule has 0 aliphatic rings. The van der Waals surface area contributed by atoms with Crippen molar-refractivity contribution in [3.63, 3.8) is 0 Å². The number of hydrogen-bond acceptors (Lipinski definition) is 4. The van der Waals surface area contributed by atoms with Crippen molar-refractivity contribution < 1.29 is 4.79 Å². The second-order valence-electron chi connectivity index (χ2n) is 5.00. The Balaban J connectivity index is 2.15. The lowest BCUT2D eigenvalue weighted by Crippen LogP contribution is -2.12. The third kappa shape index (κ3) is 2.63. The highest BCUT2D eigenvalue weighted by atomic mass is 16.1. The molecule has 1 heterocycles. The van der Waals surface area contributed by atoms with Gasteiger partial charge in [0.25, 0.3) is 5.91 Å². The van der Waals surface area contributed by atoms with Gasteiger partial charge < -0.3 is 11.5 Å². The molecule has 0 radical (unpaired) electrons. The number of nitriles is 1. The summed E-state index contributed by atoms with van der Waals surface area (Å²) in [5.74, 6) is -0.328. The first-order chi connectivity index (χ1) is 11.1. The lowest BCUT2D eigenvalue weighted by atomic mass is 9.99. The first-order valence-corrected chi connectivity index (χ1v) is 6.85. The van der Waals surface area contributed by atoms with E-state index in [-0.39, 0.29) is 5.57 Å². The zero-order chi connectivity index (χ0) is 16.4. The number of anilines is 1. The van der Waals surface area contributed by atoms with Crippen molar-refractivity contribution in [2.75, 3.05) is 5.73 Å². The number of carbonyl (C=O) groups is 1. The van der Waals surface area contributed by atoms with Crippen molar-refractivity contribution in [2.45, 2.75) is 0 Å². The zero-order valence-corrected chi connectivity index (χ0v) is 12.1. The standard InChI is InChI=1S/C17H13N5O/c18-9-12(17(20)23)8-10-3-1-4-11(7-10)13-5-2-6-14-15(13)16(19)22-21-14/h1-8H,(H2,20,23)(H3,19,21,22)/b12-8+. The molecule has 0 aliphatic heterocycles. The number of amides is 1. The third-order valence-electron chi connectivity index (χ3n) is 3.51. The van der Waals surface area contributed by atoms with Gasteiger partial charge in [0, 0.05) is 0 Å². The summed E-state index contributed by atoms with van der Waals surface area (Å²) in [6, 6.07) is 15.0. The van der Waals surface area contributed by atoms with Crippen molar-refractivity contribution in [2.24, 2.45) is 5.73 Å². The van der Waals surface area contributed by atoms with Gasteiger partial charge in [-0.2, -0.15) is 10.4 Å². The van der Waals surface area contributed by atoms with Crippen molar-refractivity contribution in [1.29, 1.82) is 5.26 Å². The van der Waals surface area contributed by atoms with E-state index in [0.717, 1.165) is 22.0 Å². The summed E-state index contributed by atoms with van der Waals surface area (Å²) in [4.78, 5) is 11.2. The number of nitrogens with two attached hydrogens (primary N) is 2. The molecule has 2 aromatic carbocycles. The predicted molar refractivity (Wildman–Crippen MR) is 88.7 cm³/mol. The number of fused-ring (bicyclic) bond motifs is 1. The van der Waals surface area contributed by atoms with E-state index < -0.39 is 5.91 Å². The number of rotatable bonds is 3. The van der Waals surface area contributed by atoms with Crippen LogP contribution in [0.4, 0.5) is 5.82 Å². The highest BCUT2D eigenvalue weighted by molar-refractivity contribution is 6.02. The summed E-state index contributed by atoms with van der Waals surface area (Å²) >= 11 is 0. The van der Waals surface area contributed by atoms with Gasteiger partial charge in [-0.15, -0.1) is 0 Å². The van der Waals surface area contributed by atoms with Gasteiger partial charge in [0.2, 0.25) is 0 Å². The maximum atomic E-state index is 11.2. The van der Waals surface area contributed by atoms with E-state index in [2.05, 4.69) is 10.2 Å². The molecule has 0 saturated carbocycles. The average molecular weight is 303 g/mol. The van der Waals surface area contributed by atoms with Gasteiger partial charge in [-0.1, -0.05) is 30.3 Å². The van der Waals surface area contributed by atoms with Crippen LogP contribution in [0, 0.1) is 11.3 Å². The summed E-state index contributed by atoms with van der Waals surface area (Å²) in [5.41, 5.74) is 14.4. The van der Waals surface area contributed by atoms with Gasteiger partial charge in [0.15, 0.2) is 5.82 Å². The first kappa shape index (κ1) is 14.4. The van der Waals surface area contributed by atoms with Crippen LogP contribution >= 0.6 is 0 Å². The summed E-state index contributed by atoms with van der Waals surface area (Å²) in [6.07, 6.45) is 1.46. The van der Waals surface area contributed by atoms with E-state index in [1.54, 1.807) is 12.1 Å². The number of carbonyl (C=O) groups excluding carboxylic acids is 1. The van der Waals surface area contributed by atoms with Crippen LogP contribution in [0.15, 0.2) is 48.0 Å². The van der Waals surface area contributed by atoms with Crippen molar-refractivity contribution in [1.82, 2.24) is 10.2 Å². The predicted octanol–water partition coefficient (Wildman–Crippen LogP) is 2.20. The van der Waals surface area contributed by atoms with Crippen LogP contribution in [0.1, 0.15) is 5.56 Å². The number of aromatic amines is 1. The molecule has 6 nitrogen and oxygen atoms in total. The molecule has 1 aromatic heterocycles. The fraction of sp³-hybridized carbons (Fsp3) is 0. The molecule has 112 valence electrons. The molecule has 1 amide bonds. The number of primary amides is 1. The summed E-state index contributed by atoms with van der Waals surface area (Å²) in [6.45, 7) is 0. The third-order valence-corrected chi connectivity index (χ3v) is 3.51.